The average Bonchev–Trinajstić information content (AvgIpc) is 2.87. The molecule has 0 aliphatic carbocycles. The van der Waals surface area contributed by atoms with E-state index in [0.717, 1.165) is 11.4 Å². The van der Waals surface area contributed by atoms with Crippen LogP contribution in [0.25, 0.3) is 0 Å². The summed E-state index contributed by atoms with van der Waals surface area (Å²) < 4.78 is 0. The van der Waals surface area contributed by atoms with Crippen molar-refractivity contribution in [1.82, 2.24) is 15.2 Å². The molecule has 2 heterocycles. The summed E-state index contributed by atoms with van der Waals surface area (Å²) in [5.74, 6) is -0.196. The average molecular weight is 222 g/mol. The zero-order valence-electron chi connectivity index (χ0n) is 8.15. The van der Waals surface area contributed by atoms with Crippen molar-refractivity contribution < 1.29 is 4.79 Å². The molecular weight excluding hydrogens is 212 g/mol. The van der Waals surface area contributed by atoms with E-state index in [0.29, 0.717) is 10.8 Å². The van der Waals surface area contributed by atoms with Crippen LogP contribution in [0.2, 0.25) is 0 Å². The lowest BCUT2D eigenvalue weighted by Gasteiger charge is -1.96. The predicted molar refractivity (Wildman–Crippen MR) is 58.0 cm³/mol. The van der Waals surface area contributed by atoms with Crippen molar-refractivity contribution in [3.05, 3.63) is 29.0 Å². The van der Waals surface area contributed by atoms with Gasteiger partial charge in [0, 0.05) is 6.20 Å². The Hall–Kier alpha value is -1.69. The summed E-state index contributed by atoms with van der Waals surface area (Å²) in [5.41, 5.74) is 0.517. The summed E-state index contributed by atoms with van der Waals surface area (Å²) in [6.07, 6.45) is 2.53. The van der Waals surface area contributed by atoms with Crippen LogP contribution in [0.3, 0.4) is 0 Å². The van der Waals surface area contributed by atoms with Crippen molar-refractivity contribution in [1.29, 1.82) is 0 Å². The number of aromatic nitrogens is 3. The van der Waals surface area contributed by atoms with Crippen molar-refractivity contribution in [3.8, 4) is 0 Å². The predicted octanol–water partition coefficient (Wildman–Crippen LogP) is 1.68. The summed E-state index contributed by atoms with van der Waals surface area (Å²) in [7, 11) is 0. The maximum atomic E-state index is 11.6. The molecule has 2 aromatic rings. The molecule has 0 bridgehead atoms. The fraction of sp³-hybridized carbons (Fsp3) is 0.222. The van der Waals surface area contributed by atoms with Crippen molar-refractivity contribution in [2.45, 2.75) is 13.3 Å². The SMILES string of the molecule is CCc1nnc(NC(=O)c2ccc[nH]2)s1. The maximum Gasteiger partial charge on any atom is 0.273 e. The minimum atomic E-state index is -0.196. The molecule has 78 valence electrons. The lowest BCUT2D eigenvalue weighted by atomic mass is 10.4. The van der Waals surface area contributed by atoms with Crippen LogP contribution in [0.5, 0.6) is 0 Å². The second kappa shape index (κ2) is 4.22. The van der Waals surface area contributed by atoms with Gasteiger partial charge >= 0.3 is 0 Å². The molecule has 6 heteroatoms. The van der Waals surface area contributed by atoms with Gasteiger partial charge in [0.25, 0.3) is 5.91 Å². The third kappa shape index (κ3) is 2.21. The van der Waals surface area contributed by atoms with Crippen molar-refractivity contribution in [2.75, 3.05) is 5.32 Å². The molecule has 15 heavy (non-hydrogen) atoms. The Kier molecular flexibility index (Phi) is 2.77. The van der Waals surface area contributed by atoms with Crippen LogP contribution in [0.1, 0.15) is 22.4 Å². The van der Waals surface area contributed by atoms with E-state index in [1.54, 1.807) is 18.3 Å². The molecule has 0 saturated heterocycles. The minimum Gasteiger partial charge on any atom is -0.357 e. The first kappa shape index (κ1) is 9.85. The summed E-state index contributed by atoms with van der Waals surface area (Å²) in [5, 5.41) is 11.9. The standard InChI is InChI=1S/C9H10N4OS/c1-2-7-12-13-9(15-7)11-8(14)6-4-3-5-10-6/h3-5,10H,2H2,1H3,(H,11,13,14). The van der Waals surface area contributed by atoms with E-state index in [1.807, 2.05) is 6.92 Å². The molecule has 2 rings (SSSR count). The summed E-state index contributed by atoms with van der Waals surface area (Å²) >= 11 is 1.39. The van der Waals surface area contributed by atoms with Gasteiger partial charge in [-0.3, -0.25) is 10.1 Å². The zero-order valence-corrected chi connectivity index (χ0v) is 8.97. The van der Waals surface area contributed by atoms with Crippen molar-refractivity contribution >= 4 is 22.4 Å². The number of carbonyl (C=O) groups is 1. The number of hydrogen-bond donors (Lipinski definition) is 2. The Labute approximate surface area is 90.6 Å². The molecule has 0 atom stereocenters. The van der Waals surface area contributed by atoms with Gasteiger partial charge in [-0.15, -0.1) is 10.2 Å². The first-order valence-electron chi connectivity index (χ1n) is 4.56. The van der Waals surface area contributed by atoms with E-state index in [2.05, 4.69) is 20.5 Å². The monoisotopic (exact) mass is 222 g/mol. The Morgan fingerprint density at radius 2 is 2.47 bits per heavy atom. The first-order chi connectivity index (χ1) is 7.29. The summed E-state index contributed by atoms with van der Waals surface area (Å²) in [6.45, 7) is 2.00. The summed E-state index contributed by atoms with van der Waals surface area (Å²) in [4.78, 5) is 14.4. The molecule has 0 unspecified atom stereocenters. The van der Waals surface area contributed by atoms with E-state index >= 15 is 0 Å². The van der Waals surface area contributed by atoms with Gasteiger partial charge in [0.1, 0.15) is 10.7 Å². The zero-order chi connectivity index (χ0) is 10.7. The molecular formula is C9H10N4OS. The van der Waals surface area contributed by atoms with E-state index in [1.165, 1.54) is 11.3 Å². The lowest BCUT2D eigenvalue weighted by Crippen LogP contribution is -2.11. The number of carbonyl (C=O) groups excluding carboxylic acids is 1. The fourth-order valence-corrected chi connectivity index (χ4v) is 1.76. The van der Waals surface area contributed by atoms with Crippen LogP contribution < -0.4 is 5.32 Å². The number of aromatic amines is 1. The second-order valence-corrected chi connectivity index (χ2v) is 3.95. The highest BCUT2D eigenvalue weighted by Crippen LogP contribution is 2.15. The topological polar surface area (TPSA) is 70.7 Å². The molecule has 0 aliphatic rings. The molecule has 0 fully saturated rings. The minimum absolute atomic E-state index is 0.196. The lowest BCUT2D eigenvalue weighted by molar-refractivity contribution is 0.102. The molecule has 5 nitrogen and oxygen atoms in total. The third-order valence-corrected chi connectivity index (χ3v) is 2.82. The molecule has 2 aromatic heterocycles. The second-order valence-electron chi connectivity index (χ2n) is 2.89. The molecule has 0 aliphatic heterocycles. The molecule has 1 amide bonds. The Morgan fingerprint density at radius 1 is 1.60 bits per heavy atom. The molecule has 0 saturated carbocycles. The number of anilines is 1. The Balaban J connectivity index is 2.06. The fourth-order valence-electron chi connectivity index (χ4n) is 1.08. The highest BCUT2D eigenvalue weighted by atomic mass is 32.1. The Morgan fingerprint density at radius 3 is 3.07 bits per heavy atom. The number of nitrogens with one attached hydrogen (secondary N) is 2. The third-order valence-electron chi connectivity index (χ3n) is 1.83. The normalized spacial score (nSPS) is 10.2. The summed E-state index contributed by atoms with van der Waals surface area (Å²) in [6, 6.07) is 3.48. The highest BCUT2D eigenvalue weighted by molar-refractivity contribution is 7.15. The van der Waals surface area contributed by atoms with Gasteiger partial charge in [-0.25, -0.2) is 0 Å². The van der Waals surface area contributed by atoms with Crippen LogP contribution in [0.4, 0.5) is 5.13 Å². The number of aryl methyl sites for hydroxylation is 1. The van der Waals surface area contributed by atoms with Gasteiger partial charge in [0.2, 0.25) is 5.13 Å². The number of H-pyrrole nitrogens is 1. The van der Waals surface area contributed by atoms with Crippen LogP contribution >= 0.6 is 11.3 Å². The quantitative estimate of drug-likeness (QED) is 0.830. The maximum absolute atomic E-state index is 11.6. The van der Waals surface area contributed by atoms with E-state index in [-0.39, 0.29) is 5.91 Å². The Bertz CT molecular complexity index is 448. The van der Waals surface area contributed by atoms with Crippen molar-refractivity contribution in [3.63, 3.8) is 0 Å². The van der Waals surface area contributed by atoms with Crippen LogP contribution in [0.15, 0.2) is 18.3 Å². The van der Waals surface area contributed by atoms with Crippen LogP contribution in [-0.2, 0) is 6.42 Å². The molecule has 0 radical (unpaired) electrons. The smallest absolute Gasteiger partial charge is 0.273 e. The largest absolute Gasteiger partial charge is 0.357 e. The number of rotatable bonds is 3. The van der Waals surface area contributed by atoms with Crippen LogP contribution in [-0.4, -0.2) is 21.1 Å². The molecule has 0 spiro atoms. The van der Waals surface area contributed by atoms with Crippen molar-refractivity contribution in [2.24, 2.45) is 0 Å². The van der Waals surface area contributed by atoms with E-state index in [4.69, 9.17) is 0 Å². The number of amides is 1. The number of nitrogens with zero attached hydrogens (tertiary/aromatic N) is 2. The van der Waals surface area contributed by atoms with Gasteiger partial charge in [-0.1, -0.05) is 18.3 Å². The first-order valence-corrected chi connectivity index (χ1v) is 5.38. The van der Waals surface area contributed by atoms with Gasteiger partial charge in [0.15, 0.2) is 0 Å². The molecule has 2 N–H and O–H groups in total. The van der Waals surface area contributed by atoms with Gasteiger partial charge in [0.05, 0.1) is 0 Å². The van der Waals surface area contributed by atoms with Gasteiger partial charge in [-0.2, -0.15) is 0 Å². The van der Waals surface area contributed by atoms with Crippen LogP contribution in [0, 0.1) is 0 Å². The number of hydrogen-bond acceptors (Lipinski definition) is 4. The van der Waals surface area contributed by atoms with E-state index < -0.39 is 0 Å². The molecule has 0 aromatic carbocycles. The van der Waals surface area contributed by atoms with Gasteiger partial charge in [-0.05, 0) is 18.6 Å². The van der Waals surface area contributed by atoms with E-state index in [9.17, 15) is 4.79 Å². The van der Waals surface area contributed by atoms with Gasteiger partial charge < -0.3 is 4.98 Å². The highest BCUT2D eigenvalue weighted by Gasteiger charge is 2.09.